The number of hydrogen-bond acceptors (Lipinski definition) is 9. The van der Waals surface area contributed by atoms with E-state index in [2.05, 4.69) is 39.3 Å². The van der Waals surface area contributed by atoms with Crippen molar-refractivity contribution in [2.45, 2.75) is 40.7 Å². The monoisotopic (exact) mass is 640 g/mol. The maximum absolute atomic E-state index is 13.8. The number of rotatable bonds is 15. The molecule has 248 valence electrons. The fourth-order valence-corrected chi connectivity index (χ4v) is 5.09. The molecule has 47 heavy (non-hydrogen) atoms. The van der Waals surface area contributed by atoms with Crippen LogP contribution in [0.5, 0.6) is 17.2 Å². The van der Waals surface area contributed by atoms with Gasteiger partial charge in [-0.3, -0.25) is 9.69 Å². The highest BCUT2D eigenvalue weighted by molar-refractivity contribution is 5.95. The van der Waals surface area contributed by atoms with Gasteiger partial charge in [0.25, 0.3) is 5.91 Å². The van der Waals surface area contributed by atoms with Crippen molar-refractivity contribution in [2.24, 2.45) is 0 Å². The van der Waals surface area contributed by atoms with Crippen molar-refractivity contribution in [3.8, 4) is 17.2 Å². The van der Waals surface area contributed by atoms with Crippen molar-refractivity contribution in [1.29, 1.82) is 0 Å². The molecule has 0 bridgehead atoms. The molecule has 11 nitrogen and oxygen atoms in total. The zero-order valence-corrected chi connectivity index (χ0v) is 28.0. The Morgan fingerprint density at radius 3 is 2.34 bits per heavy atom. The third-order valence-electron chi connectivity index (χ3n) is 7.76. The lowest BCUT2D eigenvalue weighted by Gasteiger charge is -2.23. The predicted molar refractivity (Wildman–Crippen MR) is 184 cm³/mol. The molecule has 2 amide bonds. The number of benzene rings is 3. The standard InChI is InChI=1S/C36H44N6O5/c1-7-41(8-2)21-11-19-37-34(43)27-14-10-15-29(22-27)39-35-38-20-18-32(40-35)42(24-28-23-30(45-5)16-17-31(28)46-6)36(44)47-33-25(3)12-9-13-26(33)4/h9-10,12-18,20,22-23H,7-8,11,19,21,24H2,1-6H3,(H,37,43)(H,38,39,40). The minimum atomic E-state index is -0.628. The molecule has 0 spiro atoms. The molecule has 2 N–H and O–H groups in total. The van der Waals surface area contributed by atoms with Crippen LogP contribution in [0, 0.1) is 13.8 Å². The van der Waals surface area contributed by atoms with E-state index < -0.39 is 6.09 Å². The predicted octanol–water partition coefficient (Wildman–Crippen LogP) is 6.52. The number of nitrogens with zero attached hydrogens (tertiary/aromatic N) is 4. The summed E-state index contributed by atoms with van der Waals surface area (Å²) in [4.78, 5) is 39.5. The molecule has 1 heterocycles. The molecular weight excluding hydrogens is 596 g/mol. The van der Waals surface area contributed by atoms with Gasteiger partial charge < -0.3 is 29.7 Å². The minimum absolute atomic E-state index is 0.0739. The molecule has 0 radical (unpaired) electrons. The van der Waals surface area contributed by atoms with Gasteiger partial charge in [0.15, 0.2) is 0 Å². The summed E-state index contributed by atoms with van der Waals surface area (Å²) in [5.41, 5.74) is 3.48. The summed E-state index contributed by atoms with van der Waals surface area (Å²) < 4.78 is 17.0. The van der Waals surface area contributed by atoms with Gasteiger partial charge in [-0.2, -0.15) is 4.98 Å². The first kappa shape index (κ1) is 34.7. The Balaban J connectivity index is 1.57. The number of carbonyl (C=O) groups excluding carboxylic acids is 2. The quantitative estimate of drug-likeness (QED) is 0.140. The lowest BCUT2D eigenvalue weighted by molar-refractivity contribution is 0.0951. The van der Waals surface area contributed by atoms with Gasteiger partial charge >= 0.3 is 6.09 Å². The number of hydrogen-bond donors (Lipinski definition) is 2. The first-order chi connectivity index (χ1) is 22.8. The Labute approximate surface area is 276 Å². The van der Waals surface area contributed by atoms with Crippen LogP contribution < -0.4 is 29.7 Å². The summed E-state index contributed by atoms with van der Waals surface area (Å²) >= 11 is 0. The average molecular weight is 641 g/mol. The van der Waals surface area contributed by atoms with Gasteiger partial charge in [0, 0.05) is 29.6 Å². The summed E-state index contributed by atoms with van der Waals surface area (Å²) in [5, 5.41) is 6.17. The normalized spacial score (nSPS) is 10.8. The fourth-order valence-electron chi connectivity index (χ4n) is 5.09. The van der Waals surface area contributed by atoms with Crippen LogP contribution in [0.25, 0.3) is 0 Å². The van der Waals surface area contributed by atoms with E-state index in [0.29, 0.717) is 46.4 Å². The first-order valence-electron chi connectivity index (χ1n) is 15.7. The van der Waals surface area contributed by atoms with Crippen LogP contribution in [0.15, 0.2) is 72.9 Å². The molecule has 1 aromatic heterocycles. The SMILES string of the molecule is CCN(CC)CCCNC(=O)c1cccc(Nc2nccc(N(Cc3cc(OC)ccc3OC)C(=O)Oc3c(C)cccc3C)n2)c1. The Morgan fingerprint density at radius 2 is 1.64 bits per heavy atom. The number of para-hydroxylation sites is 1. The maximum atomic E-state index is 13.8. The molecule has 0 atom stereocenters. The van der Waals surface area contributed by atoms with Crippen LogP contribution in [0.2, 0.25) is 0 Å². The first-order valence-corrected chi connectivity index (χ1v) is 15.7. The molecule has 0 unspecified atom stereocenters. The average Bonchev–Trinajstić information content (AvgIpc) is 3.08. The van der Waals surface area contributed by atoms with E-state index >= 15 is 0 Å². The number of carbonyl (C=O) groups is 2. The fraction of sp³-hybridized carbons (Fsp3) is 0.333. The number of nitrogens with one attached hydrogen (secondary N) is 2. The smallest absolute Gasteiger partial charge is 0.421 e. The van der Waals surface area contributed by atoms with Crippen molar-refractivity contribution in [3.63, 3.8) is 0 Å². The number of aryl methyl sites for hydroxylation is 2. The summed E-state index contributed by atoms with van der Waals surface area (Å²) in [6.45, 7) is 11.6. The van der Waals surface area contributed by atoms with E-state index in [1.807, 2.05) is 38.1 Å². The van der Waals surface area contributed by atoms with Gasteiger partial charge in [-0.05, 0) is 93.5 Å². The highest BCUT2D eigenvalue weighted by Gasteiger charge is 2.24. The van der Waals surface area contributed by atoms with Crippen LogP contribution in [0.4, 0.5) is 22.2 Å². The van der Waals surface area contributed by atoms with Gasteiger partial charge in [-0.25, -0.2) is 9.78 Å². The van der Waals surface area contributed by atoms with Crippen LogP contribution in [0.1, 0.15) is 47.3 Å². The number of ether oxygens (including phenoxy) is 3. The highest BCUT2D eigenvalue weighted by atomic mass is 16.6. The molecular formula is C36H44N6O5. The summed E-state index contributed by atoms with van der Waals surface area (Å²) in [7, 11) is 3.14. The minimum Gasteiger partial charge on any atom is -0.497 e. The number of amides is 2. The van der Waals surface area contributed by atoms with Crippen LogP contribution in [-0.2, 0) is 6.54 Å². The van der Waals surface area contributed by atoms with Crippen molar-refractivity contribution < 1.29 is 23.8 Å². The molecule has 0 aliphatic carbocycles. The topological polar surface area (TPSA) is 118 Å². The third-order valence-corrected chi connectivity index (χ3v) is 7.76. The Morgan fingerprint density at radius 1 is 0.894 bits per heavy atom. The van der Waals surface area contributed by atoms with Crippen molar-refractivity contribution in [1.82, 2.24) is 20.2 Å². The zero-order valence-electron chi connectivity index (χ0n) is 28.0. The van der Waals surface area contributed by atoms with Gasteiger partial charge in [-0.1, -0.05) is 38.1 Å². The van der Waals surface area contributed by atoms with Crippen molar-refractivity contribution >= 4 is 29.5 Å². The second-order valence-electron chi connectivity index (χ2n) is 10.9. The lowest BCUT2D eigenvalue weighted by atomic mass is 10.1. The van der Waals surface area contributed by atoms with E-state index in [1.54, 1.807) is 62.9 Å². The zero-order chi connectivity index (χ0) is 33.8. The van der Waals surface area contributed by atoms with E-state index in [4.69, 9.17) is 14.2 Å². The highest BCUT2D eigenvalue weighted by Crippen LogP contribution is 2.29. The molecule has 0 saturated heterocycles. The molecule has 4 rings (SSSR count). The summed E-state index contributed by atoms with van der Waals surface area (Å²) in [6, 6.07) is 19.8. The van der Waals surface area contributed by atoms with E-state index in [9.17, 15) is 9.59 Å². The largest absolute Gasteiger partial charge is 0.497 e. The number of aromatic nitrogens is 2. The van der Waals surface area contributed by atoms with Crippen LogP contribution in [-0.4, -0.2) is 67.3 Å². The number of methoxy groups -OCH3 is 2. The van der Waals surface area contributed by atoms with E-state index in [-0.39, 0.29) is 18.4 Å². The van der Waals surface area contributed by atoms with Crippen LogP contribution in [0.3, 0.4) is 0 Å². The summed E-state index contributed by atoms with van der Waals surface area (Å²) in [5.74, 6) is 2.05. The Kier molecular flexibility index (Phi) is 12.5. The second kappa shape index (κ2) is 17.0. The molecule has 3 aromatic carbocycles. The molecule has 0 aliphatic rings. The van der Waals surface area contributed by atoms with Gasteiger partial charge in [0.05, 0.1) is 20.8 Å². The summed E-state index contributed by atoms with van der Waals surface area (Å²) in [6.07, 6.45) is 1.80. The number of anilines is 3. The molecule has 11 heteroatoms. The van der Waals surface area contributed by atoms with Crippen molar-refractivity contribution in [3.05, 3.63) is 95.2 Å². The van der Waals surface area contributed by atoms with Gasteiger partial charge in [-0.15, -0.1) is 0 Å². The van der Waals surface area contributed by atoms with Crippen LogP contribution >= 0.6 is 0 Å². The molecule has 0 fully saturated rings. The lowest BCUT2D eigenvalue weighted by Crippen LogP contribution is -2.34. The Bertz CT molecular complexity index is 1640. The molecule has 4 aromatic rings. The van der Waals surface area contributed by atoms with E-state index in [1.165, 1.54) is 4.90 Å². The third kappa shape index (κ3) is 9.43. The van der Waals surface area contributed by atoms with Gasteiger partial charge in [0.2, 0.25) is 5.95 Å². The molecule has 0 saturated carbocycles. The van der Waals surface area contributed by atoms with Gasteiger partial charge in [0.1, 0.15) is 23.1 Å². The second-order valence-corrected chi connectivity index (χ2v) is 10.9. The van der Waals surface area contributed by atoms with Crippen molar-refractivity contribution in [2.75, 3.05) is 50.6 Å². The maximum Gasteiger partial charge on any atom is 0.421 e. The molecule has 0 aliphatic heterocycles. The Hall–Kier alpha value is -5.16. The van der Waals surface area contributed by atoms with E-state index in [0.717, 1.165) is 37.2 Å².